The molecule has 2 aromatic carbocycles. The molecule has 0 unspecified atom stereocenters. The van der Waals surface area contributed by atoms with E-state index in [2.05, 4.69) is 39.0 Å². The standard InChI is InChI=1S/C20H20ClN5OS/c1-13(19(27)22-18-8-4-6-14-5-2-3-7-17(14)18)28-20-23-24-25-26(20)16-11-9-15(21)10-12-16/h2-3,5,7,9-13,18H,4,6,8H2,1H3,(H,22,27)/t13-,18+/m1/s1. The van der Waals surface area contributed by atoms with Crippen molar-refractivity contribution < 1.29 is 4.79 Å². The molecule has 0 fully saturated rings. The molecule has 1 aliphatic carbocycles. The van der Waals surface area contributed by atoms with Gasteiger partial charge >= 0.3 is 0 Å². The van der Waals surface area contributed by atoms with E-state index in [0.717, 1.165) is 24.9 Å². The molecular formula is C20H20ClN5OS. The molecule has 2 atom stereocenters. The summed E-state index contributed by atoms with van der Waals surface area (Å²) in [7, 11) is 0. The highest BCUT2D eigenvalue weighted by Crippen LogP contribution is 2.30. The number of tetrazole rings is 1. The SMILES string of the molecule is C[C@@H](Sc1nnnn1-c1ccc(Cl)cc1)C(=O)N[C@H]1CCCc2ccccc21. The van der Waals surface area contributed by atoms with E-state index in [9.17, 15) is 4.79 Å². The predicted octanol–water partition coefficient (Wildman–Crippen LogP) is 3.99. The maximum atomic E-state index is 12.8. The number of amides is 1. The molecule has 0 saturated carbocycles. The number of nitrogens with zero attached hydrogens (tertiary/aromatic N) is 4. The quantitative estimate of drug-likeness (QED) is 0.640. The van der Waals surface area contributed by atoms with Crippen molar-refractivity contribution in [2.24, 2.45) is 0 Å². The summed E-state index contributed by atoms with van der Waals surface area (Å²) in [4.78, 5) is 12.8. The van der Waals surface area contributed by atoms with E-state index in [1.165, 1.54) is 22.9 Å². The molecule has 3 aromatic rings. The zero-order valence-corrected chi connectivity index (χ0v) is 17.0. The number of nitrogens with one attached hydrogen (secondary N) is 1. The van der Waals surface area contributed by atoms with Crippen LogP contribution >= 0.6 is 23.4 Å². The van der Waals surface area contributed by atoms with E-state index in [1.54, 1.807) is 16.8 Å². The third kappa shape index (κ3) is 4.05. The molecule has 0 bridgehead atoms. The number of carbonyl (C=O) groups is 1. The van der Waals surface area contributed by atoms with Crippen LogP contribution in [0.1, 0.15) is 36.9 Å². The Morgan fingerprint density at radius 1 is 1.25 bits per heavy atom. The van der Waals surface area contributed by atoms with Gasteiger partial charge in [0.25, 0.3) is 0 Å². The van der Waals surface area contributed by atoms with E-state index < -0.39 is 0 Å². The lowest BCUT2D eigenvalue weighted by molar-refractivity contribution is -0.121. The van der Waals surface area contributed by atoms with Gasteiger partial charge in [-0.05, 0) is 72.0 Å². The van der Waals surface area contributed by atoms with Gasteiger partial charge in [-0.2, -0.15) is 4.68 Å². The Hall–Kier alpha value is -2.38. The number of hydrogen-bond acceptors (Lipinski definition) is 5. The molecule has 0 radical (unpaired) electrons. The third-order valence-corrected chi connectivity index (χ3v) is 6.13. The second-order valence-corrected chi connectivity index (χ2v) is 8.51. The number of hydrogen-bond donors (Lipinski definition) is 1. The Morgan fingerprint density at radius 2 is 2.04 bits per heavy atom. The normalized spacial score (nSPS) is 17.0. The zero-order chi connectivity index (χ0) is 19.5. The number of rotatable bonds is 5. The molecule has 0 aliphatic heterocycles. The summed E-state index contributed by atoms with van der Waals surface area (Å²) >= 11 is 7.28. The van der Waals surface area contributed by atoms with Gasteiger partial charge < -0.3 is 5.32 Å². The van der Waals surface area contributed by atoms with E-state index >= 15 is 0 Å². The number of carbonyl (C=O) groups excluding carboxylic acids is 1. The fraction of sp³-hybridized carbons (Fsp3) is 0.300. The van der Waals surface area contributed by atoms with Crippen LogP contribution in [-0.4, -0.2) is 31.4 Å². The van der Waals surface area contributed by atoms with Gasteiger partial charge in [-0.25, -0.2) is 0 Å². The van der Waals surface area contributed by atoms with Crippen LogP contribution in [0.2, 0.25) is 5.02 Å². The van der Waals surface area contributed by atoms with Crippen molar-refractivity contribution >= 4 is 29.3 Å². The monoisotopic (exact) mass is 413 g/mol. The fourth-order valence-electron chi connectivity index (χ4n) is 3.40. The first kappa shape index (κ1) is 19.0. The van der Waals surface area contributed by atoms with Crippen molar-refractivity contribution in [3.05, 3.63) is 64.7 Å². The molecule has 8 heteroatoms. The van der Waals surface area contributed by atoms with E-state index in [0.29, 0.717) is 10.2 Å². The molecule has 0 saturated heterocycles. The third-order valence-electron chi connectivity index (χ3n) is 4.85. The van der Waals surface area contributed by atoms with Crippen molar-refractivity contribution in [3.8, 4) is 5.69 Å². The summed E-state index contributed by atoms with van der Waals surface area (Å²) in [6.07, 6.45) is 3.11. The lowest BCUT2D eigenvalue weighted by atomic mass is 9.88. The molecule has 0 spiro atoms. The van der Waals surface area contributed by atoms with Gasteiger partial charge in [0.2, 0.25) is 11.1 Å². The van der Waals surface area contributed by atoms with Crippen molar-refractivity contribution in [2.45, 2.75) is 42.6 Å². The van der Waals surface area contributed by atoms with Crippen LogP contribution in [0, 0.1) is 0 Å². The number of aromatic nitrogens is 4. The lowest BCUT2D eigenvalue weighted by Crippen LogP contribution is -2.36. The Morgan fingerprint density at radius 3 is 2.86 bits per heavy atom. The number of thioether (sulfide) groups is 1. The Labute approximate surface area is 172 Å². The summed E-state index contributed by atoms with van der Waals surface area (Å²) in [6, 6.07) is 15.6. The highest BCUT2D eigenvalue weighted by Gasteiger charge is 2.25. The Balaban J connectivity index is 1.45. The first-order valence-corrected chi connectivity index (χ1v) is 10.5. The minimum atomic E-state index is -0.328. The highest BCUT2D eigenvalue weighted by molar-refractivity contribution is 8.00. The van der Waals surface area contributed by atoms with Crippen molar-refractivity contribution in [2.75, 3.05) is 0 Å². The van der Waals surface area contributed by atoms with Crippen molar-refractivity contribution in [3.63, 3.8) is 0 Å². The van der Waals surface area contributed by atoms with Gasteiger partial charge in [0, 0.05) is 5.02 Å². The summed E-state index contributed by atoms with van der Waals surface area (Å²) < 4.78 is 1.61. The molecular weight excluding hydrogens is 394 g/mol. The van der Waals surface area contributed by atoms with Gasteiger partial charge in [-0.15, -0.1) is 5.10 Å². The molecule has 144 valence electrons. The van der Waals surface area contributed by atoms with Crippen LogP contribution in [0.15, 0.2) is 53.7 Å². The maximum Gasteiger partial charge on any atom is 0.233 e. The molecule has 1 heterocycles. The summed E-state index contributed by atoms with van der Waals surface area (Å²) in [6.45, 7) is 1.87. The first-order valence-electron chi connectivity index (χ1n) is 9.21. The molecule has 28 heavy (non-hydrogen) atoms. The van der Waals surface area contributed by atoms with Gasteiger partial charge in [-0.3, -0.25) is 4.79 Å². The zero-order valence-electron chi connectivity index (χ0n) is 15.4. The fourth-order valence-corrected chi connectivity index (χ4v) is 4.34. The summed E-state index contributed by atoms with van der Waals surface area (Å²) in [5.74, 6) is -0.0163. The van der Waals surface area contributed by atoms with Crippen LogP contribution < -0.4 is 5.32 Å². The second kappa shape index (κ2) is 8.32. The van der Waals surface area contributed by atoms with Gasteiger partial charge in [-0.1, -0.05) is 47.6 Å². The van der Waals surface area contributed by atoms with Gasteiger partial charge in [0.05, 0.1) is 17.0 Å². The van der Waals surface area contributed by atoms with Crippen molar-refractivity contribution in [1.29, 1.82) is 0 Å². The summed E-state index contributed by atoms with van der Waals surface area (Å²) in [5, 5.41) is 15.9. The van der Waals surface area contributed by atoms with Crippen LogP contribution in [-0.2, 0) is 11.2 Å². The Bertz CT molecular complexity index is 975. The average Bonchev–Trinajstić information content (AvgIpc) is 3.17. The topological polar surface area (TPSA) is 72.7 Å². The minimum absolute atomic E-state index is 0.0163. The highest BCUT2D eigenvalue weighted by atomic mass is 35.5. The number of halogens is 1. The molecule has 6 nitrogen and oxygen atoms in total. The van der Waals surface area contributed by atoms with E-state index in [1.807, 2.05) is 25.1 Å². The molecule has 1 aromatic heterocycles. The van der Waals surface area contributed by atoms with E-state index in [-0.39, 0.29) is 17.2 Å². The smallest absolute Gasteiger partial charge is 0.233 e. The van der Waals surface area contributed by atoms with Crippen LogP contribution in [0.25, 0.3) is 5.69 Å². The maximum absolute atomic E-state index is 12.8. The van der Waals surface area contributed by atoms with Crippen molar-refractivity contribution in [1.82, 2.24) is 25.5 Å². The largest absolute Gasteiger partial charge is 0.348 e. The number of benzene rings is 2. The minimum Gasteiger partial charge on any atom is -0.348 e. The van der Waals surface area contributed by atoms with Crippen LogP contribution in [0.3, 0.4) is 0 Å². The van der Waals surface area contributed by atoms with Gasteiger partial charge in [0.15, 0.2) is 0 Å². The van der Waals surface area contributed by atoms with E-state index in [4.69, 9.17) is 11.6 Å². The van der Waals surface area contributed by atoms with Gasteiger partial charge in [0.1, 0.15) is 0 Å². The van der Waals surface area contributed by atoms with Crippen LogP contribution in [0.5, 0.6) is 0 Å². The second-order valence-electron chi connectivity index (χ2n) is 6.76. The first-order chi connectivity index (χ1) is 13.6. The predicted molar refractivity (Wildman–Crippen MR) is 110 cm³/mol. The lowest BCUT2D eigenvalue weighted by Gasteiger charge is -2.27. The molecule has 4 rings (SSSR count). The molecule has 1 aliphatic rings. The number of aryl methyl sites for hydroxylation is 1. The summed E-state index contributed by atoms with van der Waals surface area (Å²) in [5.41, 5.74) is 3.35. The Kier molecular flexibility index (Phi) is 5.64. The molecule has 1 N–H and O–H groups in total. The van der Waals surface area contributed by atoms with Crippen LogP contribution in [0.4, 0.5) is 0 Å². The average molecular weight is 414 g/mol. The number of fused-ring (bicyclic) bond motifs is 1. The molecule has 1 amide bonds.